The maximum Gasteiger partial charge on any atom is 0.334 e. The maximum absolute atomic E-state index is 11.2. The molecule has 2 nitrogen and oxygen atoms in total. The molecule has 13 heavy (non-hydrogen) atoms. The molecule has 72 valence electrons. The number of carbonyl (C=O) groups excluding carboxylic acids is 1. The monoisotopic (exact) mass is 180 g/mol. The molecule has 1 heterocycles. The van der Waals surface area contributed by atoms with E-state index in [2.05, 4.69) is 6.58 Å². The maximum atomic E-state index is 11.2. The molecule has 2 atom stereocenters. The Kier molecular flexibility index (Phi) is 2.38. The Morgan fingerprint density at radius 1 is 1.15 bits per heavy atom. The highest BCUT2D eigenvalue weighted by molar-refractivity contribution is 5.90. The van der Waals surface area contributed by atoms with Crippen LogP contribution in [0.1, 0.15) is 38.5 Å². The third-order valence-corrected chi connectivity index (χ3v) is 3.17. The Morgan fingerprint density at radius 2 is 1.85 bits per heavy atom. The lowest BCUT2D eigenvalue weighted by molar-refractivity contribution is -0.139. The van der Waals surface area contributed by atoms with E-state index in [1.54, 1.807) is 0 Å². The molecule has 0 bridgehead atoms. The van der Waals surface area contributed by atoms with Crippen molar-refractivity contribution < 1.29 is 9.53 Å². The van der Waals surface area contributed by atoms with Gasteiger partial charge in [0.1, 0.15) is 6.10 Å². The number of rotatable bonds is 0. The molecule has 0 aromatic carbocycles. The van der Waals surface area contributed by atoms with E-state index in [1.165, 1.54) is 25.7 Å². The molecule has 0 N–H and O–H groups in total. The van der Waals surface area contributed by atoms with Crippen molar-refractivity contribution in [2.45, 2.75) is 44.6 Å². The molecule has 0 aromatic heterocycles. The van der Waals surface area contributed by atoms with Crippen LogP contribution >= 0.6 is 0 Å². The molecule has 1 aliphatic heterocycles. The predicted octanol–water partition coefficient (Wildman–Crippen LogP) is 2.44. The van der Waals surface area contributed by atoms with Crippen LogP contribution in [0.3, 0.4) is 0 Å². The van der Waals surface area contributed by atoms with Crippen molar-refractivity contribution in [3.8, 4) is 0 Å². The van der Waals surface area contributed by atoms with Crippen molar-refractivity contribution in [1.29, 1.82) is 0 Å². The Bertz CT molecular complexity index is 232. The van der Waals surface area contributed by atoms with Crippen molar-refractivity contribution in [3.05, 3.63) is 12.2 Å². The highest BCUT2D eigenvalue weighted by Crippen LogP contribution is 2.35. The van der Waals surface area contributed by atoms with Gasteiger partial charge in [0.15, 0.2) is 0 Å². The first-order chi connectivity index (χ1) is 6.29. The van der Waals surface area contributed by atoms with Crippen molar-refractivity contribution in [2.24, 2.45) is 5.92 Å². The molecule has 0 radical (unpaired) electrons. The van der Waals surface area contributed by atoms with Gasteiger partial charge in [0, 0.05) is 11.5 Å². The number of fused-ring (bicyclic) bond motifs is 1. The lowest BCUT2D eigenvalue weighted by Crippen LogP contribution is -2.18. The van der Waals surface area contributed by atoms with E-state index in [0.29, 0.717) is 11.5 Å². The van der Waals surface area contributed by atoms with Crippen LogP contribution in [-0.2, 0) is 9.53 Å². The van der Waals surface area contributed by atoms with Gasteiger partial charge in [-0.15, -0.1) is 0 Å². The van der Waals surface area contributed by atoms with E-state index in [-0.39, 0.29) is 12.1 Å². The molecule has 1 aliphatic carbocycles. The fraction of sp³-hybridized carbons (Fsp3) is 0.727. The molecule has 2 heteroatoms. The second-order valence-electron chi connectivity index (χ2n) is 4.07. The van der Waals surface area contributed by atoms with Crippen LogP contribution in [0, 0.1) is 5.92 Å². The largest absolute Gasteiger partial charge is 0.458 e. The van der Waals surface area contributed by atoms with Gasteiger partial charge in [-0.2, -0.15) is 0 Å². The molecule has 2 aliphatic rings. The van der Waals surface area contributed by atoms with E-state index in [9.17, 15) is 4.79 Å². The van der Waals surface area contributed by atoms with E-state index < -0.39 is 0 Å². The van der Waals surface area contributed by atoms with Crippen molar-refractivity contribution >= 4 is 5.97 Å². The Hall–Kier alpha value is -0.790. The van der Waals surface area contributed by atoms with E-state index in [4.69, 9.17) is 4.74 Å². The summed E-state index contributed by atoms with van der Waals surface area (Å²) >= 11 is 0. The third-order valence-electron chi connectivity index (χ3n) is 3.17. The van der Waals surface area contributed by atoms with Crippen LogP contribution in [-0.4, -0.2) is 12.1 Å². The van der Waals surface area contributed by atoms with Gasteiger partial charge >= 0.3 is 5.97 Å². The Labute approximate surface area is 79.0 Å². The zero-order valence-electron chi connectivity index (χ0n) is 7.92. The minimum atomic E-state index is -0.156. The van der Waals surface area contributed by atoms with E-state index in [0.717, 1.165) is 12.8 Å². The number of ether oxygens (including phenoxy) is 1. The minimum Gasteiger partial charge on any atom is -0.458 e. The predicted molar refractivity (Wildman–Crippen MR) is 50.2 cm³/mol. The minimum absolute atomic E-state index is 0.153. The molecule has 0 unspecified atom stereocenters. The summed E-state index contributed by atoms with van der Waals surface area (Å²) in [5.41, 5.74) is 0.715. The topological polar surface area (TPSA) is 26.3 Å². The summed E-state index contributed by atoms with van der Waals surface area (Å²) < 4.78 is 5.27. The zero-order valence-corrected chi connectivity index (χ0v) is 7.92. The first-order valence-electron chi connectivity index (χ1n) is 5.19. The average molecular weight is 180 g/mol. The molecule has 2 rings (SSSR count). The van der Waals surface area contributed by atoms with Gasteiger partial charge in [-0.1, -0.05) is 25.8 Å². The fourth-order valence-electron chi connectivity index (χ4n) is 2.35. The Morgan fingerprint density at radius 3 is 2.62 bits per heavy atom. The van der Waals surface area contributed by atoms with Gasteiger partial charge < -0.3 is 4.74 Å². The normalized spacial score (nSPS) is 34.8. The molecule has 1 saturated heterocycles. The second kappa shape index (κ2) is 3.52. The summed E-state index contributed by atoms with van der Waals surface area (Å²) in [4.78, 5) is 11.2. The van der Waals surface area contributed by atoms with Crippen molar-refractivity contribution in [3.63, 3.8) is 0 Å². The SMILES string of the molecule is C=C1C(=O)O[C@H]2CCCCCC[C@H]12. The standard InChI is InChI=1S/C11H16O2/c1-8-9-6-4-2-3-5-7-10(9)13-11(8)12/h9-10H,1-7H2/t9-,10+/m1/s1. The van der Waals surface area contributed by atoms with Gasteiger partial charge in [-0.3, -0.25) is 0 Å². The summed E-state index contributed by atoms with van der Waals surface area (Å²) in [5, 5.41) is 0. The summed E-state index contributed by atoms with van der Waals surface area (Å²) in [7, 11) is 0. The van der Waals surface area contributed by atoms with Crippen LogP contribution in [0.2, 0.25) is 0 Å². The third kappa shape index (κ3) is 1.62. The van der Waals surface area contributed by atoms with Gasteiger partial charge in [0.25, 0.3) is 0 Å². The van der Waals surface area contributed by atoms with E-state index in [1.807, 2.05) is 0 Å². The zero-order chi connectivity index (χ0) is 9.26. The van der Waals surface area contributed by atoms with Crippen LogP contribution < -0.4 is 0 Å². The van der Waals surface area contributed by atoms with Gasteiger partial charge in [-0.05, 0) is 19.3 Å². The number of hydrogen-bond donors (Lipinski definition) is 0. The number of hydrogen-bond acceptors (Lipinski definition) is 2. The fourth-order valence-corrected chi connectivity index (χ4v) is 2.35. The quantitative estimate of drug-likeness (QED) is 0.423. The smallest absolute Gasteiger partial charge is 0.334 e. The first-order valence-corrected chi connectivity index (χ1v) is 5.19. The Balaban J connectivity index is 2.08. The molecule has 1 saturated carbocycles. The molecule has 0 amide bonds. The van der Waals surface area contributed by atoms with Crippen molar-refractivity contribution in [2.75, 3.05) is 0 Å². The summed E-state index contributed by atoms with van der Waals surface area (Å²) in [5.74, 6) is 0.171. The van der Waals surface area contributed by atoms with Crippen LogP contribution in [0.15, 0.2) is 12.2 Å². The summed E-state index contributed by atoms with van der Waals surface area (Å²) in [6.45, 7) is 3.82. The lowest BCUT2D eigenvalue weighted by atomic mass is 9.86. The number of carbonyl (C=O) groups is 1. The van der Waals surface area contributed by atoms with E-state index >= 15 is 0 Å². The molecule has 0 spiro atoms. The summed E-state index contributed by atoms with van der Waals surface area (Å²) in [6.07, 6.45) is 7.28. The second-order valence-corrected chi connectivity index (χ2v) is 4.07. The highest BCUT2D eigenvalue weighted by Gasteiger charge is 2.37. The van der Waals surface area contributed by atoms with Crippen LogP contribution in [0.25, 0.3) is 0 Å². The molecular formula is C11H16O2. The van der Waals surface area contributed by atoms with Crippen LogP contribution in [0.5, 0.6) is 0 Å². The van der Waals surface area contributed by atoms with Crippen molar-refractivity contribution in [1.82, 2.24) is 0 Å². The van der Waals surface area contributed by atoms with Gasteiger partial charge in [-0.25, -0.2) is 4.79 Å². The highest BCUT2D eigenvalue weighted by atomic mass is 16.6. The molecule has 0 aromatic rings. The number of esters is 1. The van der Waals surface area contributed by atoms with Gasteiger partial charge in [0.2, 0.25) is 0 Å². The average Bonchev–Trinajstić information content (AvgIpc) is 2.31. The van der Waals surface area contributed by atoms with Gasteiger partial charge in [0.05, 0.1) is 0 Å². The van der Waals surface area contributed by atoms with Crippen LogP contribution in [0.4, 0.5) is 0 Å². The summed E-state index contributed by atoms with van der Waals surface area (Å²) in [6, 6.07) is 0. The first kappa shape index (κ1) is 8.79. The molecular weight excluding hydrogens is 164 g/mol. The lowest BCUT2D eigenvalue weighted by Gasteiger charge is -2.20. The molecule has 2 fully saturated rings.